The maximum atomic E-state index is 5.35. The second-order valence-corrected chi connectivity index (χ2v) is 6.28. The van der Waals surface area contributed by atoms with Crippen molar-refractivity contribution in [3.05, 3.63) is 0 Å². The van der Waals surface area contributed by atoms with E-state index in [0.29, 0.717) is 6.04 Å². The molecule has 1 heterocycles. The predicted molar refractivity (Wildman–Crippen MR) is 90.0 cm³/mol. The molecule has 0 aromatic rings. The second-order valence-electron chi connectivity index (χ2n) is 6.28. The topological polar surface area (TPSA) is 31.0 Å². The largest absolute Gasteiger partial charge is 0.382 e. The predicted octanol–water partition coefficient (Wildman–Crippen LogP) is 0.570. The van der Waals surface area contributed by atoms with E-state index in [4.69, 9.17) is 4.74 Å². The Morgan fingerprint density at radius 3 is 2.52 bits per heavy atom. The van der Waals surface area contributed by atoms with Crippen LogP contribution >= 0.6 is 0 Å². The molecular formula is C16H36N4O. The normalized spacial score (nSPS) is 19.3. The SMILES string of the molecule is CCOCCCNCC(C)N1CCN(CCN(C)C)CC1. The van der Waals surface area contributed by atoms with Gasteiger partial charge in [-0.15, -0.1) is 0 Å². The lowest BCUT2D eigenvalue weighted by molar-refractivity contribution is 0.0963. The summed E-state index contributed by atoms with van der Waals surface area (Å²) < 4.78 is 5.35. The monoisotopic (exact) mass is 300 g/mol. The zero-order valence-electron chi connectivity index (χ0n) is 14.6. The summed E-state index contributed by atoms with van der Waals surface area (Å²) in [6, 6.07) is 0.632. The average Bonchev–Trinajstić information content (AvgIpc) is 2.49. The molecule has 1 fully saturated rings. The van der Waals surface area contributed by atoms with Crippen LogP contribution < -0.4 is 5.32 Å². The van der Waals surface area contributed by atoms with Gasteiger partial charge in [0.2, 0.25) is 0 Å². The molecule has 1 aliphatic heterocycles. The summed E-state index contributed by atoms with van der Waals surface area (Å²) in [7, 11) is 4.30. The fourth-order valence-corrected chi connectivity index (χ4v) is 2.65. The highest BCUT2D eigenvalue weighted by molar-refractivity contribution is 4.77. The van der Waals surface area contributed by atoms with Gasteiger partial charge >= 0.3 is 0 Å². The molecule has 0 aromatic heterocycles. The number of ether oxygens (including phenoxy) is 1. The van der Waals surface area contributed by atoms with Crippen LogP contribution in [0.25, 0.3) is 0 Å². The number of likely N-dealkylation sites (N-methyl/N-ethyl adjacent to an activating group) is 1. The maximum Gasteiger partial charge on any atom is 0.0477 e. The molecule has 5 nitrogen and oxygen atoms in total. The van der Waals surface area contributed by atoms with E-state index in [1.165, 1.54) is 32.7 Å². The Bertz CT molecular complexity index is 242. The fraction of sp³-hybridized carbons (Fsp3) is 1.00. The number of nitrogens with zero attached hydrogens (tertiary/aromatic N) is 3. The first-order chi connectivity index (χ1) is 10.1. The third-order valence-electron chi connectivity index (χ3n) is 4.18. The van der Waals surface area contributed by atoms with Gasteiger partial charge in [0, 0.05) is 65.1 Å². The van der Waals surface area contributed by atoms with Gasteiger partial charge in [0.15, 0.2) is 0 Å². The van der Waals surface area contributed by atoms with E-state index in [0.717, 1.165) is 39.3 Å². The number of hydrogen-bond acceptors (Lipinski definition) is 5. The van der Waals surface area contributed by atoms with Gasteiger partial charge in [-0.05, 0) is 40.9 Å². The molecule has 126 valence electrons. The van der Waals surface area contributed by atoms with Gasteiger partial charge in [-0.25, -0.2) is 0 Å². The van der Waals surface area contributed by atoms with Crippen molar-refractivity contribution in [2.75, 3.05) is 79.7 Å². The van der Waals surface area contributed by atoms with E-state index in [2.05, 4.69) is 41.0 Å². The summed E-state index contributed by atoms with van der Waals surface area (Å²) in [5, 5.41) is 3.55. The second kappa shape index (κ2) is 11.4. The summed E-state index contributed by atoms with van der Waals surface area (Å²) in [4.78, 5) is 7.46. The Labute approximate surface area is 131 Å². The Morgan fingerprint density at radius 1 is 1.19 bits per heavy atom. The van der Waals surface area contributed by atoms with E-state index in [-0.39, 0.29) is 0 Å². The van der Waals surface area contributed by atoms with Crippen molar-refractivity contribution in [3.8, 4) is 0 Å². The molecule has 0 bridgehead atoms. The highest BCUT2D eigenvalue weighted by Crippen LogP contribution is 2.05. The molecule has 1 saturated heterocycles. The van der Waals surface area contributed by atoms with Crippen LogP contribution in [0.4, 0.5) is 0 Å². The highest BCUT2D eigenvalue weighted by atomic mass is 16.5. The van der Waals surface area contributed by atoms with Crippen LogP contribution in [0.1, 0.15) is 20.3 Å². The minimum Gasteiger partial charge on any atom is -0.382 e. The highest BCUT2D eigenvalue weighted by Gasteiger charge is 2.20. The number of hydrogen-bond donors (Lipinski definition) is 1. The van der Waals surface area contributed by atoms with Gasteiger partial charge in [0.1, 0.15) is 0 Å². The molecule has 5 heteroatoms. The van der Waals surface area contributed by atoms with Crippen LogP contribution in [-0.2, 0) is 4.74 Å². The van der Waals surface area contributed by atoms with Crippen molar-refractivity contribution in [2.24, 2.45) is 0 Å². The molecule has 1 atom stereocenters. The fourth-order valence-electron chi connectivity index (χ4n) is 2.65. The summed E-state index contributed by atoms with van der Waals surface area (Å²) in [6.45, 7) is 15.4. The van der Waals surface area contributed by atoms with Crippen LogP contribution in [0, 0.1) is 0 Å². The molecule has 0 amide bonds. The van der Waals surface area contributed by atoms with Crippen molar-refractivity contribution in [1.29, 1.82) is 0 Å². The van der Waals surface area contributed by atoms with Crippen molar-refractivity contribution in [1.82, 2.24) is 20.0 Å². The third-order valence-corrected chi connectivity index (χ3v) is 4.18. The zero-order valence-corrected chi connectivity index (χ0v) is 14.6. The molecule has 21 heavy (non-hydrogen) atoms. The molecule has 0 aromatic carbocycles. The first kappa shape index (κ1) is 18.8. The lowest BCUT2D eigenvalue weighted by Crippen LogP contribution is -2.52. The number of piperazine rings is 1. The molecule has 1 N–H and O–H groups in total. The molecule has 0 saturated carbocycles. The van der Waals surface area contributed by atoms with Gasteiger partial charge in [-0.3, -0.25) is 9.80 Å². The van der Waals surface area contributed by atoms with Gasteiger partial charge in [0.25, 0.3) is 0 Å². The quantitative estimate of drug-likeness (QED) is 0.564. The summed E-state index contributed by atoms with van der Waals surface area (Å²) in [5.74, 6) is 0. The van der Waals surface area contributed by atoms with Crippen LogP contribution in [0.3, 0.4) is 0 Å². The van der Waals surface area contributed by atoms with Gasteiger partial charge in [0.05, 0.1) is 0 Å². The van der Waals surface area contributed by atoms with Crippen molar-refractivity contribution < 1.29 is 4.74 Å². The van der Waals surface area contributed by atoms with E-state index < -0.39 is 0 Å². The lowest BCUT2D eigenvalue weighted by atomic mass is 10.2. The lowest BCUT2D eigenvalue weighted by Gasteiger charge is -2.38. The van der Waals surface area contributed by atoms with Gasteiger partial charge < -0.3 is 15.0 Å². The van der Waals surface area contributed by atoms with Gasteiger partial charge in [-0.1, -0.05) is 0 Å². The molecule has 0 aliphatic carbocycles. The molecule has 1 rings (SSSR count). The Balaban J connectivity index is 2.04. The first-order valence-corrected chi connectivity index (χ1v) is 8.53. The third kappa shape index (κ3) is 8.73. The molecule has 0 spiro atoms. The smallest absolute Gasteiger partial charge is 0.0477 e. The minimum absolute atomic E-state index is 0.632. The van der Waals surface area contributed by atoms with Crippen molar-refractivity contribution in [3.63, 3.8) is 0 Å². The van der Waals surface area contributed by atoms with E-state index in [1.807, 2.05) is 6.92 Å². The maximum absolute atomic E-state index is 5.35. The van der Waals surface area contributed by atoms with Gasteiger partial charge in [-0.2, -0.15) is 0 Å². The van der Waals surface area contributed by atoms with Crippen LogP contribution in [0.5, 0.6) is 0 Å². The van der Waals surface area contributed by atoms with Crippen LogP contribution in [0.2, 0.25) is 0 Å². The van der Waals surface area contributed by atoms with Crippen molar-refractivity contribution in [2.45, 2.75) is 26.3 Å². The number of rotatable bonds is 11. The first-order valence-electron chi connectivity index (χ1n) is 8.53. The minimum atomic E-state index is 0.632. The van der Waals surface area contributed by atoms with E-state index >= 15 is 0 Å². The number of nitrogens with one attached hydrogen (secondary N) is 1. The molecule has 1 aliphatic rings. The average molecular weight is 300 g/mol. The van der Waals surface area contributed by atoms with Crippen LogP contribution in [0.15, 0.2) is 0 Å². The van der Waals surface area contributed by atoms with Crippen LogP contribution in [-0.4, -0.2) is 100 Å². The standard InChI is InChI=1S/C16H36N4O/c1-5-21-14-6-7-17-15-16(2)20-12-10-19(11-13-20)9-8-18(3)4/h16-17H,5-15H2,1-4H3. The van der Waals surface area contributed by atoms with Crippen molar-refractivity contribution >= 4 is 0 Å². The summed E-state index contributed by atoms with van der Waals surface area (Å²) >= 11 is 0. The molecule has 0 radical (unpaired) electrons. The molecular weight excluding hydrogens is 264 g/mol. The Kier molecular flexibility index (Phi) is 10.2. The van der Waals surface area contributed by atoms with E-state index in [1.54, 1.807) is 0 Å². The summed E-state index contributed by atoms with van der Waals surface area (Å²) in [5.41, 5.74) is 0. The molecule has 1 unspecified atom stereocenters. The van der Waals surface area contributed by atoms with E-state index in [9.17, 15) is 0 Å². The summed E-state index contributed by atoms with van der Waals surface area (Å²) in [6.07, 6.45) is 1.11. The zero-order chi connectivity index (χ0) is 15.5. The Morgan fingerprint density at radius 2 is 1.90 bits per heavy atom. The Hall–Kier alpha value is -0.200.